The fourth-order valence-electron chi connectivity index (χ4n) is 3.66. The van der Waals surface area contributed by atoms with Crippen molar-refractivity contribution in [2.75, 3.05) is 44.3 Å². The lowest BCUT2D eigenvalue weighted by Crippen LogP contribution is -2.49. The van der Waals surface area contributed by atoms with Crippen LogP contribution in [0.1, 0.15) is 17.8 Å². The third kappa shape index (κ3) is 5.61. The molecule has 3 aromatic heterocycles. The van der Waals surface area contributed by atoms with E-state index in [0.29, 0.717) is 26.2 Å². The molecular formula is C19H19F6N7O3S. The number of ether oxygens (including phenoxy) is 1. The molecule has 36 heavy (non-hydrogen) atoms. The van der Waals surface area contributed by atoms with E-state index in [4.69, 9.17) is 4.74 Å². The number of anilines is 1. The van der Waals surface area contributed by atoms with Gasteiger partial charge in [0.15, 0.2) is 16.5 Å². The number of nitrogens with zero attached hydrogens (tertiary/aromatic N) is 6. The maximum atomic E-state index is 13.2. The van der Waals surface area contributed by atoms with Crippen molar-refractivity contribution in [3.8, 4) is 0 Å². The highest BCUT2D eigenvalue weighted by molar-refractivity contribution is 7.13. The van der Waals surface area contributed by atoms with E-state index in [1.807, 2.05) is 5.10 Å². The molecule has 196 valence electrons. The molecule has 1 aliphatic rings. The molecule has 4 heterocycles. The fourth-order valence-corrected chi connectivity index (χ4v) is 4.55. The first-order valence-electron chi connectivity index (χ1n) is 10.6. The molecule has 17 heteroatoms. The number of fused-ring (bicyclic) bond motifs is 1. The lowest BCUT2D eigenvalue weighted by atomic mass is 10.2. The Morgan fingerprint density at radius 2 is 1.81 bits per heavy atom. The zero-order chi connectivity index (χ0) is 26.1. The number of H-pyrrole nitrogens is 1. The standard InChI is InChI=1S/C19H19F6N7O3S/c20-18(21,22)12-10-36-17(27-12)31-4-2-30(3-5-31)13(33)1-7-35-8-6-32-11-9-26-28-16(34)14(11)15(29-32)19(23,24)25/h9-10H,1-8H2,(H,28,34). The second-order valence-corrected chi connectivity index (χ2v) is 8.61. The molecule has 0 aromatic carbocycles. The summed E-state index contributed by atoms with van der Waals surface area (Å²) in [6, 6.07) is 0. The van der Waals surface area contributed by atoms with E-state index in [1.54, 1.807) is 9.80 Å². The summed E-state index contributed by atoms with van der Waals surface area (Å²) in [6.07, 6.45) is -8.25. The summed E-state index contributed by atoms with van der Waals surface area (Å²) in [5, 5.41) is 9.53. The van der Waals surface area contributed by atoms with Crippen molar-refractivity contribution < 1.29 is 35.9 Å². The quantitative estimate of drug-likeness (QED) is 0.363. The minimum Gasteiger partial charge on any atom is -0.379 e. The number of carbonyl (C=O) groups is 1. The van der Waals surface area contributed by atoms with Crippen molar-refractivity contribution in [1.29, 1.82) is 0 Å². The summed E-state index contributed by atoms with van der Waals surface area (Å²) < 4.78 is 84.2. The second-order valence-electron chi connectivity index (χ2n) is 7.77. The summed E-state index contributed by atoms with van der Waals surface area (Å²) in [4.78, 5) is 31.1. The van der Waals surface area contributed by atoms with Crippen LogP contribution in [0.2, 0.25) is 0 Å². The van der Waals surface area contributed by atoms with Gasteiger partial charge in [0.1, 0.15) is 5.39 Å². The molecule has 0 radical (unpaired) electrons. The number of halogens is 6. The number of carbonyl (C=O) groups excluding carboxylic acids is 1. The second kappa shape index (κ2) is 10.0. The summed E-state index contributed by atoms with van der Waals surface area (Å²) in [5.74, 6) is -0.218. The zero-order valence-electron chi connectivity index (χ0n) is 18.4. The molecule has 0 spiro atoms. The number of alkyl halides is 6. The van der Waals surface area contributed by atoms with E-state index < -0.39 is 34.7 Å². The van der Waals surface area contributed by atoms with Crippen LogP contribution in [-0.2, 0) is 28.4 Å². The number of aromatic amines is 1. The maximum Gasteiger partial charge on any atom is 0.435 e. The first-order valence-corrected chi connectivity index (χ1v) is 11.5. The number of hydrogen-bond acceptors (Lipinski definition) is 8. The molecule has 0 bridgehead atoms. The van der Waals surface area contributed by atoms with Crippen LogP contribution in [0, 0.1) is 0 Å². The average Bonchev–Trinajstić information content (AvgIpc) is 3.45. The number of rotatable bonds is 7. The van der Waals surface area contributed by atoms with Gasteiger partial charge in [0.25, 0.3) is 5.56 Å². The molecule has 1 fully saturated rings. The van der Waals surface area contributed by atoms with E-state index in [2.05, 4.69) is 15.2 Å². The minimum atomic E-state index is -4.82. The topological polar surface area (TPSA) is 109 Å². The summed E-state index contributed by atoms with van der Waals surface area (Å²) in [7, 11) is 0. The van der Waals surface area contributed by atoms with E-state index in [0.717, 1.165) is 27.6 Å². The van der Waals surface area contributed by atoms with Gasteiger partial charge in [-0.15, -0.1) is 11.3 Å². The molecule has 1 N–H and O–H groups in total. The smallest absolute Gasteiger partial charge is 0.379 e. The Balaban J connectivity index is 1.23. The Bertz CT molecular complexity index is 1280. The Morgan fingerprint density at radius 1 is 1.08 bits per heavy atom. The molecule has 3 aromatic rings. The van der Waals surface area contributed by atoms with E-state index in [1.165, 1.54) is 0 Å². The molecule has 0 aliphatic carbocycles. The predicted octanol–water partition coefficient (Wildman–Crippen LogP) is 2.37. The number of amides is 1. The van der Waals surface area contributed by atoms with Crippen LogP contribution in [0.25, 0.3) is 10.9 Å². The van der Waals surface area contributed by atoms with Gasteiger partial charge in [-0.1, -0.05) is 0 Å². The molecule has 1 aliphatic heterocycles. The molecule has 10 nitrogen and oxygen atoms in total. The zero-order valence-corrected chi connectivity index (χ0v) is 19.2. The Morgan fingerprint density at radius 3 is 2.44 bits per heavy atom. The third-order valence-electron chi connectivity index (χ3n) is 5.43. The van der Waals surface area contributed by atoms with Crippen molar-refractivity contribution in [3.05, 3.63) is 33.3 Å². The lowest BCUT2D eigenvalue weighted by molar-refractivity contribution is -0.141. The molecule has 0 atom stereocenters. The van der Waals surface area contributed by atoms with Crippen LogP contribution < -0.4 is 10.5 Å². The average molecular weight is 539 g/mol. The van der Waals surface area contributed by atoms with Crippen LogP contribution >= 0.6 is 11.3 Å². The van der Waals surface area contributed by atoms with Gasteiger partial charge >= 0.3 is 12.4 Å². The van der Waals surface area contributed by atoms with Crippen LogP contribution in [0.5, 0.6) is 0 Å². The monoisotopic (exact) mass is 539 g/mol. The van der Waals surface area contributed by atoms with E-state index in [9.17, 15) is 35.9 Å². The van der Waals surface area contributed by atoms with Crippen molar-refractivity contribution in [3.63, 3.8) is 0 Å². The number of hydrogen-bond donors (Lipinski definition) is 1. The highest BCUT2D eigenvalue weighted by Crippen LogP contribution is 2.33. The Kier molecular flexibility index (Phi) is 7.21. The van der Waals surface area contributed by atoms with Gasteiger partial charge in [0.2, 0.25) is 5.91 Å². The molecule has 4 rings (SSSR count). The number of piperazine rings is 1. The first kappa shape index (κ1) is 25.9. The van der Waals surface area contributed by atoms with Gasteiger partial charge in [-0.25, -0.2) is 10.1 Å². The number of nitrogens with one attached hydrogen (secondary N) is 1. The normalized spacial score (nSPS) is 15.2. The van der Waals surface area contributed by atoms with Gasteiger partial charge in [-0.2, -0.15) is 36.5 Å². The van der Waals surface area contributed by atoms with Gasteiger partial charge in [0.05, 0.1) is 37.9 Å². The SMILES string of the molecule is O=C(CCOCCn1nc(C(F)(F)F)c2c(=O)[nH]ncc21)N1CCN(c2nc(C(F)(F)F)cs2)CC1. The Hall–Kier alpha value is -3.21. The Labute approximate surface area is 202 Å². The molecular weight excluding hydrogens is 520 g/mol. The number of aromatic nitrogens is 5. The summed E-state index contributed by atoms with van der Waals surface area (Å²) >= 11 is 0.893. The summed E-state index contributed by atoms with van der Waals surface area (Å²) in [6.45, 7) is 1.12. The first-order chi connectivity index (χ1) is 16.9. The van der Waals surface area contributed by atoms with Crippen LogP contribution in [0.15, 0.2) is 16.4 Å². The van der Waals surface area contributed by atoms with Crippen molar-refractivity contribution >= 4 is 33.3 Å². The van der Waals surface area contributed by atoms with E-state index in [-0.39, 0.29) is 42.7 Å². The maximum absolute atomic E-state index is 13.2. The highest BCUT2D eigenvalue weighted by Gasteiger charge is 2.38. The largest absolute Gasteiger partial charge is 0.435 e. The fraction of sp³-hybridized carbons (Fsp3) is 0.526. The highest BCUT2D eigenvalue weighted by atomic mass is 32.1. The molecule has 0 unspecified atom stereocenters. The lowest BCUT2D eigenvalue weighted by Gasteiger charge is -2.34. The van der Waals surface area contributed by atoms with Crippen molar-refractivity contribution in [2.45, 2.75) is 25.3 Å². The minimum absolute atomic E-state index is 0.00460. The summed E-state index contributed by atoms with van der Waals surface area (Å²) in [5.41, 5.74) is -3.36. The molecule has 1 amide bonds. The van der Waals surface area contributed by atoms with Gasteiger partial charge < -0.3 is 14.5 Å². The molecule has 0 saturated carbocycles. The predicted molar refractivity (Wildman–Crippen MR) is 114 cm³/mol. The number of thiazole rings is 1. The van der Waals surface area contributed by atoms with E-state index >= 15 is 0 Å². The van der Waals surface area contributed by atoms with Crippen LogP contribution in [-0.4, -0.2) is 75.2 Å². The van der Waals surface area contributed by atoms with Crippen molar-refractivity contribution in [2.24, 2.45) is 0 Å². The molecule has 1 saturated heterocycles. The van der Waals surface area contributed by atoms with Crippen LogP contribution in [0.4, 0.5) is 31.5 Å². The third-order valence-corrected chi connectivity index (χ3v) is 6.33. The van der Waals surface area contributed by atoms with Gasteiger partial charge in [-0.05, 0) is 0 Å². The van der Waals surface area contributed by atoms with Gasteiger partial charge in [-0.3, -0.25) is 14.3 Å². The van der Waals surface area contributed by atoms with Crippen LogP contribution in [0.3, 0.4) is 0 Å². The van der Waals surface area contributed by atoms with Gasteiger partial charge in [0, 0.05) is 31.6 Å². The van der Waals surface area contributed by atoms with Crippen molar-refractivity contribution in [1.82, 2.24) is 29.9 Å².